The van der Waals surface area contributed by atoms with E-state index in [2.05, 4.69) is 32.7 Å². The quantitative estimate of drug-likeness (QED) is 0.744. The van der Waals surface area contributed by atoms with Gasteiger partial charge in [0, 0.05) is 25.2 Å². The largest absolute Gasteiger partial charge is 0.445 e. The Balaban J connectivity index is 2.63. The SMILES string of the molecule is C=CCOC(=O)N1CC(C)NCC1C(C)C. The zero-order valence-corrected chi connectivity index (χ0v) is 10.4. The molecule has 1 aliphatic rings. The van der Waals surface area contributed by atoms with E-state index >= 15 is 0 Å². The monoisotopic (exact) mass is 226 g/mol. The predicted molar refractivity (Wildman–Crippen MR) is 64.3 cm³/mol. The van der Waals surface area contributed by atoms with Gasteiger partial charge in [0.05, 0.1) is 0 Å². The number of rotatable bonds is 3. The zero-order valence-electron chi connectivity index (χ0n) is 10.4. The van der Waals surface area contributed by atoms with Crippen molar-refractivity contribution in [2.45, 2.75) is 32.9 Å². The molecule has 0 aromatic heterocycles. The molecule has 92 valence electrons. The smallest absolute Gasteiger partial charge is 0.410 e. The fraction of sp³-hybridized carbons (Fsp3) is 0.750. The van der Waals surface area contributed by atoms with Crippen molar-refractivity contribution < 1.29 is 9.53 Å². The van der Waals surface area contributed by atoms with E-state index in [-0.39, 0.29) is 18.7 Å². The average Bonchev–Trinajstić information content (AvgIpc) is 2.25. The number of amides is 1. The van der Waals surface area contributed by atoms with Gasteiger partial charge in [-0.1, -0.05) is 26.5 Å². The van der Waals surface area contributed by atoms with Crippen LogP contribution < -0.4 is 5.32 Å². The molecule has 2 unspecified atom stereocenters. The van der Waals surface area contributed by atoms with Crippen LogP contribution in [0.1, 0.15) is 20.8 Å². The van der Waals surface area contributed by atoms with Crippen LogP contribution in [0.4, 0.5) is 4.79 Å². The van der Waals surface area contributed by atoms with Crippen LogP contribution in [-0.2, 0) is 4.74 Å². The third-order valence-corrected chi connectivity index (χ3v) is 2.88. The lowest BCUT2D eigenvalue weighted by atomic mass is 9.99. The molecule has 2 atom stereocenters. The second-order valence-corrected chi connectivity index (χ2v) is 4.64. The van der Waals surface area contributed by atoms with Crippen molar-refractivity contribution in [2.24, 2.45) is 5.92 Å². The van der Waals surface area contributed by atoms with Crippen molar-refractivity contribution in [2.75, 3.05) is 19.7 Å². The highest BCUT2D eigenvalue weighted by Gasteiger charge is 2.32. The first-order chi connectivity index (χ1) is 7.56. The van der Waals surface area contributed by atoms with Crippen LogP contribution >= 0.6 is 0 Å². The van der Waals surface area contributed by atoms with Crippen LogP contribution in [0.25, 0.3) is 0 Å². The third-order valence-electron chi connectivity index (χ3n) is 2.88. The van der Waals surface area contributed by atoms with Crippen LogP contribution in [0.2, 0.25) is 0 Å². The maximum absolute atomic E-state index is 11.8. The van der Waals surface area contributed by atoms with Gasteiger partial charge in [0.25, 0.3) is 0 Å². The maximum Gasteiger partial charge on any atom is 0.410 e. The summed E-state index contributed by atoms with van der Waals surface area (Å²) in [5.41, 5.74) is 0. The summed E-state index contributed by atoms with van der Waals surface area (Å²) in [7, 11) is 0. The molecule has 0 aliphatic carbocycles. The Bertz CT molecular complexity index is 253. The summed E-state index contributed by atoms with van der Waals surface area (Å²) < 4.78 is 5.10. The van der Waals surface area contributed by atoms with Crippen molar-refractivity contribution in [3.8, 4) is 0 Å². The van der Waals surface area contributed by atoms with Crippen molar-refractivity contribution in [1.82, 2.24) is 10.2 Å². The summed E-state index contributed by atoms with van der Waals surface area (Å²) in [4.78, 5) is 13.7. The van der Waals surface area contributed by atoms with Crippen molar-refractivity contribution in [3.05, 3.63) is 12.7 Å². The standard InChI is InChI=1S/C12H22N2O2/c1-5-6-16-12(15)14-8-10(4)13-7-11(14)9(2)3/h5,9-11,13H,1,6-8H2,2-4H3. The number of hydrogen-bond donors (Lipinski definition) is 1. The number of carbonyl (C=O) groups is 1. The summed E-state index contributed by atoms with van der Waals surface area (Å²) in [6, 6.07) is 0.541. The third kappa shape index (κ3) is 3.23. The number of nitrogens with one attached hydrogen (secondary N) is 1. The van der Waals surface area contributed by atoms with E-state index in [9.17, 15) is 4.79 Å². The van der Waals surface area contributed by atoms with Gasteiger partial charge in [0.2, 0.25) is 0 Å². The minimum Gasteiger partial charge on any atom is -0.445 e. The fourth-order valence-electron chi connectivity index (χ4n) is 1.95. The highest BCUT2D eigenvalue weighted by molar-refractivity contribution is 5.68. The van der Waals surface area contributed by atoms with Gasteiger partial charge in [-0.2, -0.15) is 0 Å². The summed E-state index contributed by atoms with van der Waals surface area (Å²) >= 11 is 0. The number of piperazine rings is 1. The molecule has 0 radical (unpaired) electrons. The Kier molecular flexibility index (Phi) is 4.80. The van der Waals surface area contributed by atoms with Gasteiger partial charge in [-0.3, -0.25) is 0 Å². The zero-order chi connectivity index (χ0) is 12.1. The molecule has 4 heteroatoms. The first kappa shape index (κ1) is 13.0. The van der Waals surface area contributed by atoms with E-state index in [0.29, 0.717) is 18.5 Å². The summed E-state index contributed by atoms with van der Waals surface area (Å²) in [6.45, 7) is 11.7. The fourth-order valence-corrected chi connectivity index (χ4v) is 1.95. The molecule has 0 aromatic rings. The van der Waals surface area contributed by atoms with Gasteiger partial charge in [0.15, 0.2) is 0 Å². The van der Waals surface area contributed by atoms with Gasteiger partial charge >= 0.3 is 6.09 Å². The maximum atomic E-state index is 11.8. The summed E-state index contributed by atoms with van der Waals surface area (Å²) in [6.07, 6.45) is 1.36. The molecule has 1 saturated heterocycles. The van der Waals surface area contributed by atoms with Gasteiger partial charge in [-0.05, 0) is 12.8 Å². The Labute approximate surface area is 97.6 Å². The van der Waals surface area contributed by atoms with E-state index in [0.717, 1.165) is 6.54 Å². The van der Waals surface area contributed by atoms with Crippen LogP contribution in [0, 0.1) is 5.92 Å². The number of carbonyl (C=O) groups excluding carboxylic acids is 1. The van der Waals surface area contributed by atoms with Crippen molar-refractivity contribution in [1.29, 1.82) is 0 Å². The Morgan fingerprint density at radius 3 is 2.94 bits per heavy atom. The van der Waals surface area contributed by atoms with Gasteiger partial charge < -0.3 is 15.0 Å². The van der Waals surface area contributed by atoms with E-state index in [1.165, 1.54) is 0 Å². The average molecular weight is 226 g/mol. The highest BCUT2D eigenvalue weighted by Crippen LogP contribution is 2.16. The summed E-state index contributed by atoms with van der Waals surface area (Å²) in [5.74, 6) is 0.427. The van der Waals surface area contributed by atoms with E-state index in [4.69, 9.17) is 4.74 Å². The second kappa shape index (κ2) is 5.89. The molecule has 1 rings (SSSR count). The molecule has 1 fully saturated rings. The Morgan fingerprint density at radius 2 is 2.38 bits per heavy atom. The van der Waals surface area contributed by atoms with Crippen molar-refractivity contribution >= 4 is 6.09 Å². The predicted octanol–water partition coefficient (Wildman–Crippen LogP) is 1.63. The van der Waals surface area contributed by atoms with E-state index < -0.39 is 0 Å². The molecule has 0 aromatic carbocycles. The molecule has 0 saturated carbocycles. The first-order valence-electron chi connectivity index (χ1n) is 5.84. The molecular weight excluding hydrogens is 204 g/mol. The first-order valence-corrected chi connectivity index (χ1v) is 5.84. The topological polar surface area (TPSA) is 41.6 Å². The molecule has 16 heavy (non-hydrogen) atoms. The number of nitrogens with zero attached hydrogens (tertiary/aromatic N) is 1. The normalized spacial score (nSPS) is 25.6. The number of ether oxygens (including phenoxy) is 1. The molecule has 0 spiro atoms. The molecule has 1 amide bonds. The molecule has 1 N–H and O–H groups in total. The highest BCUT2D eigenvalue weighted by atomic mass is 16.6. The van der Waals surface area contributed by atoms with Crippen LogP contribution in [-0.4, -0.2) is 42.8 Å². The van der Waals surface area contributed by atoms with Gasteiger partial charge in [-0.25, -0.2) is 4.79 Å². The minimum absolute atomic E-state index is 0.216. The summed E-state index contributed by atoms with van der Waals surface area (Å²) in [5, 5.41) is 3.38. The minimum atomic E-state index is -0.230. The van der Waals surface area contributed by atoms with E-state index in [1.54, 1.807) is 6.08 Å². The van der Waals surface area contributed by atoms with Crippen molar-refractivity contribution in [3.63, 3.8) is 0 Å². The van der Waals surface area contributed by atoms with Gasteiger partial charge in [0.1, 0.15) is 6.61 Å². The van der Waals surface area contributed by atoms with Crippen LogP contribution in [0.3, 0.4) is 0 Å². The lowest BCUT2D eigenvalue weighted by Crippen LogP contribution is -2.59. The van der Waals surface area contributed by atoms with Crippen LogP contribution in [0.5, 0.6) is 0 Å². The van der Waals surface area contributed by atoms with Gasteiger partial charge in [-0.15, -0.1) is 0 Å². The lowest BCUT2D eigenvalue weighted by Gasteiger charge is -2.40. The Morgan fingerprint density at radius 1 is 1.69 bits per heavy atom. The molecule has 4 nitrogen and oxygen atoms in total. The molecule has 1 aliphatic heterocycles. The van der Waals surface area contributed by atoms with E-state index in [1.807, 2.05) is 4.90 Å². The second-order valence-electron chi connectivity index (χ2n) is 4.64. The lowest BCUT2D eigenvalue weighted by molar-refractivity contribution is 0.0634. The van der Waals surface area contributed by atoms with Crippen LogP contribution in [0.15, 0.2) is 12.7 Å². The Hall–Kier alpha value is -1.03. The molecule has 0 bridgehead atoms. The number of hydrogen-bond acceptors (Lipinski definition) is 3. The molecule has 1 heterocycles. The molecular formula is C12H22N2O2.